The summed E-state index contributed by atoms with van der Waals surface area (Å²) in [4.78, 5) is 0. The third kappa shape index (κ3) is 1.55. The zero-order valence-corrected chi connectivity index (χ0v) is 5.73. The molecule has 0 saturated heterocycles. The second kappa shape index (κ2) is 3.37. The number of nitriles is 1. The second-order valence-electron chi connectivity index (χ2n) is 1.94. The largest absolute Gasteiger partial charge is 0.411 e. The Morgan fingerprint density at radius 1 is 1.45 bits per heavy atom. The monoisotopic (exact) mass is 146 g/mol. The number of benzene rings is 1. The van der Waals surface area contributed by atoms with Crippen LogP contribution in [0.1, 0.15) is 11.1 Å². The highest BCUT2D eigenvalue weighted by Gasteiger charge is 1.95. The first-order valence-electron chi connectivity index (χ1n) is 3.05. The summed E-state index contributed by atoms with van der Waals surface area (Å²) in [5.74, 6) is 0. The van der Waals surface area contributed by atoms with Crippen molar-refractivity contribution >= 4 is 6.21 Å². The lowest BCUT2D eigenvalue weighted by Crippen LogP contribution is -1.85. The van der Waals surface area contributed by atoms with E-state index in [0.29, 0.717) is 11.1 Å². The molecule has 0 spiro atoms. The quantitative estimate of drug-likeness (QED) is 0.369. The Morgan fingerprint density at radius 3 is 2.82 bits per heavy atom. The van der Waals surface area contributed by atoms with Crippen molar-refractivity contribution in [2.45, 2.75) is 0 Å². The molecule has 0 fully saturated rings. The fourth-order valence-corrected chi connectivity index (χ4v) is 0.774. The Hall–Kier alpha value is -1.82. The molecular weight excluding hydrogens is 140 g/mol. The van der Waals surface area contributed by atoms with Crippen LogP contribution in [0, 0.1) is 11.3 Å². The average Bonchev–Trinajstić information content (AvgIpc) is 2.06. The van der Waals surface area contributed by atoms with E-state index in [4.69, 9.17) is 10.5 Å². The third-order valence-electron chi connectivity index (χ3n) is 1.28. The van der Waals surface area contributed by atoms with Gasteiger partial charge in [-0.25, -0.2) is 0 Å². The van der Waals surface area contributed by atoms with Gasteiger partial charge in [-0.15, -0.1) is 0 Å². The van der Waals surface area contributed by atoms with E-state index in [9.17, 15) is 0 Å². The lowest BCUT2D eigenvalue weighted by atomic mass is 10.1. The molecule has 0 saturated carbocycles. The Kier molecular flexibility index (Phi) is 2.24. The predicted molar refractivity (Wildman–Crippen MR) is 40.5 cm³/mol. The summed E-state index contributed by atoms with van der Waals surface area (Å²) in [5, 5.41) is 19.6. The Bertz CT molecular complexity index is 312. The van der Waals surface area contributed by atoms with Crippen LogP contribution < -0.4 is 0 Å². The van der Waals surface area contributed by atoms with Crippen molar-refractivity contribution in [2.75, 3.05) is 0 Å². The molecule has 0 aliphatic heterocycles. The average molecular weight is 146 g/mol. The second-order valence-corrected chi connectivity index (χ2v) is 1.94. The maximum Gasteiger partial charge on any atom is 0.0998 e. The van der Waals surface area contributed by atoms with Gasteiger partial charge in [0.05, 0.1) is 17.8 Å². The smallest absolute Gasteiger partial charge is 0.0998 e. The van der Waals surface area contributed by atoms with Crippen molar-refractivity contribution in [3.8, 4) is 6.07 Å². The van der Waals surface area contributed by atoms with E-state index in [2.05, 4.69) is 5.16 Å². The Labute approximate surface area is 64.2 Å². The molecule has 1 N–H and O–H groups in total. The molecule has 0 aliphatic rings. The lowest BCUT2D eigenvalue weighted by molar-refractivity contribution is 0.322. The van der Waals surface area contributed by atoms with Gasteiger partial charge < -0.3 is 5.21 Å². The van der Waals surface area contributed by atoms with Crippen LogP contribution >= 0.6 is 0 Å². The fourth-order valence-electron chi connectivity index (χ4n) is 0.774. The molecule has 54 valence electrons. The third-order valence-corrected chi connectivity index (χ3v) is 1.28. The molecule has 0 aromatic heterocycles. The van der Waals surface area contributed by atoms with Crippen LogP contribution in [0.5, 0.6) is 0 Å². The summed E-state index contributed by atoms with van der Waals surface area (Å²) in [6, 6.07) is 8.88. The van der Waals surface area contributed by atoms with E-state index in [0.717, 1.165) is 0 Å². The van der Waals surface area contributed by atoms with Gasteiger partial charge in [-0.1, -0.05) is 23.4 Å². The molecular formula is C8H6N2O. The van der Waals surface area contributed by atoms with Crippen molar-refractivity contribution < 1.29 is 5.21 Å². The number of rotatable bonds is 1. The van der Waals surface area contributed by atoms with Gasteiger partial charge in [0.25, 0.3) is 0 Å². The molecule has 0 bridgehead atoms. The van der Waals surface area contributed by atoms with Gasteiger partial charge in [-0.3, -0.25) is 0 Å². The van der Waals surface area contributed by atoms with Crippen molar-refractivity contribution in [3.05, 3.63) is 35.4 Å². The van der Waals surface area contributed by atoms with Crippen LogP contribution in [0.3, 0.4) is 0 Å². The van der Waals surface area contributed by atoms with Gasteiger partial charge in [-0.2, -0.15) is 5.26 Å². The highest BCUT2D eigenvalue weighted by atomic mass is 16.4. The van der Waals surface area contributed by atoms with Crippen LogP contribution in [0.4, 0.5) is 0 Å². The minimum Gasteiger partial charge on any atom is -0.411 e. The lowest BCUT2D eigenvalue weighted by Gasteiger charge is -1.92. The van der Waals surface area contributed by atoms with E-state index >= 15 is 0 Å². The standard InChI is InChI=1S/C8H6N2O/c9-5-7-3-1-2-4-8(7)6-10-11/h1-4,6,11H. The van der Waals surface area contributed by atoms with Crippen LogP contribution in [-0.4, -0.2) is 11.4 Å². The maximum absolute atomic E-state index is 8.55. The molecule has 11 heavy (non-hydrogen) atoms. The highest BCUT2D eigenvalue weighted by Crippen LogP contribution is 2.03. The molecule has 1 rings (SSSR count). The van der Waals surface area contributed by atoms with Gasteiger partial charge in [0.1, 0.15) is 0 Å². The van der Waals surface area contributed by atoms with E-state index < -0.39 is 0 Å². The number of nitrogens with zero attached hydrogens (tertiary/aromatic N) is 2. The number of hydrogen-bond donors (Lipinski definition) is 1. The van der Waals surface area contributed by atoms with Crippen molar-refractivity contribution in [3.63, 3.8) is 0 Å². The summed E-state index contributed by atoms with van der Waals surface area (Å²) < 4.78 is 0. The van der Waals surface area contributed by atoms with E-state index in [1.165, 1.54) is 6.21 Å². The summed E-state index contributed by atoms with van der Waals surface area (Å²) in [6.45, 7) is 0. The highest BCUT2D eigenvalue weighted by molar-refractivity contribution is 5.82. The zero-order valence-electron chi connectivity index (χ0n) is 5.73. The van der Waals surface area contributed by atoms with E-state index in [-0.39, 0.29) is 0 Å². The van der Waals surface area contributed by atoms with Gasteiger partial charge >= 0.3 is 0 Å². The zero-order chi connectivity index (χ0) is 8.10. The summed E-state index contributed by atoms with van der Waals surface area (Å²) in [7, 11) is 0. The SMILES string of the molecule is N#Cc1ccccc1C=NO. The van der Waals surface area contributed by atoms with E-state index in [1.807, 2.05) is 6.07 Å². The van der Waals surface area contributed by atoms with Crippen LogP contribution in [0.15, 0.2) is 29.4 Å². The first kappa shape index (κ1) is 7.29. The summed E-state index contributed by atoms with van der Waals surface area (Å²) >= 11 is 0. The van der Waals surface area contributed by atoms with Crippen molar-refractivity contribution in [1.82, 2.24) is 0 Å². The fraction of sp³-hybridized carbons (Fsp3) is 0. The van der Waals surface area contributed by atoms with Crippen LogP contribution in [0.25, 0.3) is 0 Å². The number of oxime groups is 1. The topological polar surface area (TPSA) is 56.4 Å². The minimum absolute atomic E-state index is 0.505. The van der Waals surface area contributed by atoms with Crippen LogP contribution in [-0.2, 0) is 0 Å². The van der Waals surface area contributed by atoms with Gasteiger partial charge in [0.2, 0.25) is 0 Å². The van der Waals surface area contributed by atoms with Crippen molar-refractivity contribution in [1.29, 1.82) is 5.26 Å². The Balaban J connectivity index is 3.15. The first-order chi connectivity index (χ1) is 5.38. The number of hydrogen-bond acceptors (Lipinski definition) is 3. The molecule has 1 aromatic rings. The molecule has 0 heterocycles. The summed E-state index contributed by atoms with van der Waals surface area (Å²) in [5.41, 5.74) is 1.13. The van der Waals surface area contributed by atoms with Gasteiger partial charge in [-0.05, 0) is 6.07 Å². The van der Waals surface area contributed by atoms with Crippen molar-refractivity contribution in [2.24, 2.45) is 5.16 Å². The minimum atomic E-state index is 0.505. The van der Waals surface area contributed by atoms with E-state index in [1.54, 1.807) is 24.3 Å². The maximum atomic E-state index is 8.55. The summed E-state index contributed by atoms with van der Waals surface area (Å²) in [6.07, 6.45) is 1.23. The molecule has 1 aromatic carbocycles. The predicted octanol–water partition coefficient (Wildman–Crippen LogP) is 1.37. The van der Waals surface area contributed by atoms with Gasteiger partial charge in [0, 0.05) is 5.56 Å². The molecule has 0 atom stereocenters. The molecule has 3 heteroatoms. The normalized spacial score (nSPS) is 9.73. The molecule has 0 unspecified atom stereocenters. The first-order valence-corrected chi connectivity index (χ1v) is 3.05. The molecule has 0 amide bonds. The molecule has 0 aliphatic carbocycles. The molecule has 3 nitrogen and oxygen atoms in total. The molecule has 0 radical (unpaired) electrons. The van der Waals surface area contributed by atoms with Gasteiger partial charge in [0.15, 0.2) is 0 Å². The van der Waals surface area contributed by atoms with Crippen LogP contribution in [0.2, 0.25) is 0 Å². The Morgan fingerprint density at radius 2 is 2.18 bits per heavy atom.